The number of nitrogens with zero attached hydrogens (tertiary/aromatic N) is 5. The lowest BCUT2D eigenvalue weighted by molar-refractivity contribution is 0.0787. The Kier molecular flexibility index (Phi) is 4.47. The number of hydrogen-bond acceptors (Lipinski definition) is 6. The molecule has 3 aromatic heterocycles. The minimum atomic E-state index is -0.296. The molecule has 1 aromatic carbocycles. The summed E-state index contributed by atoms with van der Waals surface area (Å²) in [7, 11) is 0. The molecule has 1 unspecified atom stereocenters. The molecule has 1 amide bonds. The number of nitrogens with one attached hydrogen (secondary N) is 1. The molecule has 1 atom stereocenters. The van der Waals surface area contributed by atoms with Crippen molar-refractivity contribution in [2.75, 3.05) is 13.1 Å². The van der Waals surface area contributed by atoms with Gasteiger partial charge < -0.3 is 9.64 Å². The van der Waals surface area contributed by atoms with Gasteiger partial charge in [0.15, 0.2) is 5.75 Å². The van der Waals surface area contributed by atoms with E-state index < -0.39 is 0 Å². The van der Waals surface area contributed by atoms with Crippen molar-refractivity contribution >= 4 is 16.8 Å². The fourth-order valence-corrected chi connectivity index (χ4v) is 3.61. The van der Waals surface area contributed by atoms with E-state index in [4.69, 9.17) is 4.74 Å². The highest BCUT2D eigenvalue weighted by atomic mass is 16.5. The number of rotatable bonds is 4. The summed E-state index contributed by atoms with van der Waals surface area (Å²) >= 11 is 0. The molecule has 1 aliphatic heterocycles. The number of carbonyl (C=O) groups is 1. The Morgan fingerprint density at radius 3 is 2.90 bits per heavy atom. The van der Waals surface area contributed by atoms with Gasteiger partial charge in [-0.25, -0.2) is 0 Å². The van der Waals surface area contributed by atoms with Crippen LogP contribution in [0.15, 0.2) is 66.0 Å². The standard InChI is InChI=1S/C21H18N6O3/c28-19-17-6-8-22-11-18(17)24-21(25-19)30-16-10-23-27(13-16)15-7-9-26(12-15)20(29)14-4-2-1-3-5-14/h1-6,8,10-11,13,15H,7,9,12H2,(H,24,25,28). The molecule has 1 aliphatic rings. The summed E-state index contributed by atoms with van der Waals surface area (Å²) in [6.07, 6.45) is 7.16. The Labute approximate surface area is 171 Å². The second-order valence-electron chi connectivity index (χ2n) is 7.08. The van der Waals surface area contributed by atoms with Crippen LogP contribution in [0.4, 0.5) is 0 Å². The molecule has 5 rings (SSSR count). The number of hydrogen-bond donors (Lipinski definition) is 1. The van der Waals surface area contributed by atoms with Crippen molar-refractivity contribution in [2.24, 2.45) is 0 Å². The summed E-state index contributed by atoms with van der Waals surface area (Å²) in [5.74, 6) is 0.475. The summed E-state index contributed by atoms with van der Waals surface area (Å²) in [4.78, 5) is 37.5. The molecule has 9 nitrogen and oxygen atoms in total. The topological polar surface area (TPSA) is 106 Å². The number of H-pyrrole nitrogens is 1. The van der Waals surface area contributed by atoms with Gasteiger partial charge in [-0.15, -0.1) is 0 Å². The summed E-state index contributed by atoms with van der Waals surface area (Å²) in [5.41, 5.74) is 0.841. The Morgan fingerprint density at radius 2 is 2.03 bits per heavy atom. The summed E-state index contributed by atoms with van der Waals surface area (Å²) < 4.78 is 7.48. The summed E-state index contributed by atoms with van der Waals surface area (Å²) in [6.45, 7) is 1.24. The highest BCUT2D eigenvalue weighted by molar-refractivity contribution is 5.94. The maximum absolute atomic E-state index is 12.6. The molecule has 1 N–H and O–H groups in total. The number of amides is 1. The van der Waals surface area contributed by atoms with E-state index in [-0.39, 0.29) is 23.5 Å². The van der Waals surface area contributed by atoms with Crippen LogP contribution in [0.5, 0.6) is 11.8 Å². The Balaban J connectivity index is 1.29. The van der Waals surface area contributed by atoms with E-state index in [0.717, 1.165) is 6.42 Å². The van der Waals surface area contributed by atoms with Crippen LogP contribution in [0.25, 0.3) is 10.9 Å². The van der Waals surface area contributed by atoms with Crippen LogP contribution in [-0.4, -0.2) is 48.6 Å². The normalized spacial score (nSPS) is 16.1. The van der Waals surface area contributed by atoms with Gasteiger partial charge in [0.05, 0.1) is 35.5 Å². The molecule has 150 valence electrons. The fourth-order valence-electron chi connectivity index (χ4n) is 3.61. The van der Waals surface area contributed by atoms with Crippen LogP contribution in [0.3, 0.4) is 0 Å². The number of fused-ring (bicyclic) bond motifs is 1. The number of aromatic amines is 1. The van der Waals surface area contributed by atoms with Crippen LogP contribution in [-0.2, 0) is 0 Å². The quantitative estimate of drug-likeness (QED) is 0.562. The van der Waals surface area contributed by atoms with Crippen LogP contribution >= 0.6 is 0 Å². The van der Waals surface area contributed by atoms with Crippen LogP contribution in [0, 0.1) is 0 Å². The first kappa shape index (κ1) is 18.0. The van der Waals surface area contributed by atoms with E-state index in [2.05, 4.69) is 20.1 Å². The molecule has 4 heterocycles. The molecule has 0 spiro atoms. The maximum Gasteiger partial charge on any atom is 0.302 e. The third-order valence-electron chi connectivity index (χ3n) is 5.12. The van der Waals surface area contributed by atoms with E-state index >= 15 is 0 Å². The average Bonchev–Trinajstić information content (AvgIpc) is 3.44. The zero-order valence-electron chi connectivity index (χ0n) is 15.9. The van der Waals surface area contributed by atoms with Gasteiger partial charge in [-0.3, -0.25) is 24.2 Å². The Morgan fingerprint density at radius 1 is 1.17 bits per heavy atom. The Hall–Kier alpha value is -4.01. The van der Waals surface area contributed by atoms with E-state index in [0.29, 0.717) is 35.3 Å². The molecule has 1 fully saturated rings. The molecule has 9 heteroatoms. The van der Waals surface area contributed by atoms with Gasteiger partial charge in [0.1, 0.15) is 0 Å². The molecule has 0 saturated carbocycles. The van der Waals surface area contributed by atoms with Crippen molar-refractivity contribution in [3.63, 3.8) is 0 Å². The summed E-state index contributed by atoms with van der Waals surface area (Å²) in [6, 6.07) is 11.0. The summed E-state index contributed by atoms with van der Waals surface area (Å²) in [5, 5.41) is 4.81. The smallest absolute Gasteiger partial charge is 0.302 e. The molecular formula is C21H18N6O3. The molecule has 0 aliphatic carbocycles. The van der Waals surface area contributed by atoms with E-state index in [1.165, 1.54) is 12.4 Å². The van der Waals surface area contributed by atoms with Crippen molar-refractivity contribution in [3.05, 3.63) is 77.1 Å². The lowest BCUT2D eigenvalue weighted by Crippen LogP contribution is -2.29. The average molecular weight is 402 g/mol. The third-order valence-corrected chi connectivity index (χ3v) is 5.12. The van der Waals surface area contributed by atoms with E-state index in [9.17, 15) is 9.59 Å². The zero-order valence-corrected chi connectivity index (χ0v) is 15.9. The molecule has 30 heavy (non-hydrogen) atoms. The van der Waals surface area contributed by atoms with Crippen molar-refractivity contribution in [2.45, 2.75) is 12.5 Å². The number of ether oxygens (including phenoxy) is 1. The monoisotopic (exact) mass is 402 g/mol. The van der Waals surface area contributed by atoms with E-state index in [1.807, 2.05) is 35.2 Å². The number of benzene rings is 1. The Bertz CT molecular complexity index is 1270. The highest BCUT2D eigenvalue weighted by Gasteiger charge is 2.28. The fraction of sp³-hybridized carbons (Fsp3) is 0.190. The minimum Gasteiger partial charge on any atom is -0.422 e. The maximum atomic E-state index is 12.6. The first-order valence-corrected chi connectivity index (χ1v) is 9.58. The predicted octanol–water partition coefficient (Wildman–Crippen LogP) is 2.39. The van der Waals surface area contributed by atoms with Crippen molar-refractivity contribution in [1.29, 1.82) is 0 Å². The second-order valence-corrected chi connectivity index (χ2v) is 7.08. The van der Waals surface area contributed by atoms with Crippen LogP contribution in [0.2, 0.25) is 0 Å². The van der Waals surface area contributed by atoms with Gasteiger partial charge in [0.25, 0.3) is 11.5 Å². The van der Waals surface area contributed by atoms with Crippen molar-refractivity contribution in [3.8, 4) is 11.8 Å². The molecule has 1 saturated heterocycles. The first-order valence-electron chi connectivity index (χ1n) is 9.58. The van der Waals surface area contributed by atoms with Crippen molar-refractivity contribution < 1.29 is 9.53 Å². The van der Waals surface area contributed by atoms with Crippen LogP contribution in [0.1, 0.15) is 22.8 Å². The van der Waals surface area contributed by atoms with Gasteiger partial charge in [0, 0.05) is 24.8 Å². The minimum absolute atomic E-state index is 0.0216. The van der Waals surface area contributed by atoms with E-state index in [1.54, 1.807) is 23.1 Å². The number of aromatic nitrogens is 5. The lowest BCUT2D eigenvalue weighted by Gasteiger charge is -2.16. The van der Waals surface area contributed by atoms with Crippen molar-refractivity contribution in [1.82, 2.24) is 29.6 Å². The molecule has 0 bridgehead atoms. The van der Waals surface area contributed by atoms with Crippen LogP contribution < -0.4 is 10.3 Å². The van der Waals surface area contributed by atoms with Gasteiger partial charge in [-0.1, -0.05) is 18.2 Å². The largest absolute Gasteiger partial charge is 0.422 e. The van der Waals surface area contributed by atoms with Gasteiger partial charge in [-0.2, -0.15) is 10.1 Å². The molecule has 4 aromatic rings. The SMILES string of the molecule is O=C(c1ccccc1)N1CCC(n2cc(Oc3nc4cnccc4c(=O)[nH]3)cn2)C1. The highest BCUT2D eigenvalue weighted by Crippen LogP contribution is 2.25. The molecular weight excluding hydrogens is 384 g/mol. The third kappa shape index (κ3) is 3.41. The first-order chi connectivity index (χ1) is 14.7. The van der Waals surface area contributed by atoms with Gasteiger partial charge in [-0.05, 0) is 24.6 Å². The molecule has 0 radical (unpaired) electrons. The second kappa shape index (κ2) is 7.43. The number of pyridine rings is 1. The predicted molar refractivity (Wildman–Crippen MR) is 108 cm³/mol. The van der Waals surface area contributed by atoms with Gasteiger partial charge in [0.2, 0.25) is 0 Å². The lowest BCUT2D eigenvalue weighted by atomic mass is 10.2. The number of likely N-dealkylation sites (tertiary alicyclic amines) is 1. The van der Waals surface area contributed by atoms with Gasteiger partial charge >= 0.3 is 6.01 Å². The number of carbonyl (C=O) groups excluding carboxylic acids is 1. The zero-order chi connectivity index (χ0) is 20.5.